The summed E-state index contributed by atoms with van der Waals surface area (Å²) in [4.78, 5) is 12.0. The molecule has 0 aromatic carbocycles. The van der Waals surface area contributed by atoms with Crippen LogP contribution in [0.1, 0.15) is 6.92 Å². The monoisotopic (exact) mass is 260 g/mol. The maximum absolute atomic E-state index is 12.0. The minimum atomic E-state index is -0.120. The van der Waals surface area contributed by atoms with Crippen LogP contribution in [-0.4, -0.2) is 65.2 Å². The van der Waals surface area contributed by atoms with Crippen molar-refractivity contribution in [1.29, 1.82) is 0 Å². The second kappa shape index (κ2) is 8.42. The topological polar surface area (TPSA) is 68.8 Å². The molecule has 0 aliphatic carbocycles. The number of rotatable bonds is 8. The van der Waals surface area contributed by atoms with Gasteiger partial charge in [-0.25, -0.2) is 0 Å². The minimum Gasteiger partial charge on any atom is -0.382 e. The Hall–Kier alpha value is -0.690. The lowest BCUT2D eigenvalue weighted by Crippen LogP contribution is -2.46. The number of hydrogen-bond donors (Lipinski definition) is 2. The Labute approximate surface area is 108 Å². The molecule has 1 fully saturated rings. The number of methoxy groups -OCH3 is 2. The molecule has 1 saturated heterocycles. The van der Waals surface area contributed by atoms with E-state index in [9.17, 15) is 4.79 Å². The van der Waals surface area contributed by atoms with Crippen LogP contribution in [0.25, 0.3) is 0 Å². The van der Waals surface area contributed by atoms with E-state index in [4.69, 9.17) is 14.2 Å². The Morgan fingerprint density at radius 2 is 2.22 bits per heavy atom. The molecular formula is C12H24N2O4. The molecule has 18 heavy (non-hydrogen) atoms. The standard InChI is InChI=1S/C12H24N2O4/c1-4-13-11-8-18-7-10(11)12(15)14-5-9(17-3)6-16-2/h9-11,13H,4-8H2,1-3H3,(H,14,15). The molecule has 3 atom stereocenters. The number of carbonyl (C=O) groups is 1. The van der Waals surface area contributed by atoms with Crippen LogP contribution in [0.2, 0.25) is 0 Å². The largest absolute Gasteiger partial charge is 0.382 e. The van der Waals surface area contributed by atoms with E-state index in [1.54, 1.807) is 14.2 Å². The van der Waals surface area contributed by atoms with Gasteiger partial charge in [-0.2, -0.15) is 0 Å². The fourth-order valence-electron chi connectivity index (χ4n) is 2.02. The zero-order valence-corrected chi connectivity index (χ0v) is 11.4. The lowest BCUT2D eigenvalue weighted by atomic mass is 10.0. The van der Waals surface area contributed by atoms with E-state index < -0.39 is 0 Å². The van der Waals surface area contributed by atoms with Gasteiger partial charge in [0.25, 0.3) is 0 Å². The first-order valence-electron chi connectivity index (χ1n) is 6.33. The van der Waals surface area contributed by atoms with Crippen molar-refractivity contribution in [3.63, 3.8) is 0 Å². The van der Waals surface area contributed by atoms with Crippen LogP contribution >= 0.6 is 0 Å². The fourth-order valence-corrected chi connectivity index (χ4v) is 2.02. The molecule has 2 N–H and O–H groups in total. The zero-order valence-electron chi connectivity index (χ0n) is 11.4. The second-order valence-electron chi connectivity index (χ2n) is 4.37. The summed E-state index contributed by atoms with van der Waals surface area (Å²) in [5.41, 5.74) is 0. The molecule has 0 radical (unpaired) electrons. The molecule has 0 aromatic heterocycles. The Kier molecular flexibility index (Phi) is 7.19. The highest BCUT2D eigenvalue weighted by Gasteiger charge is 2.33. The van der Waals surface area contributed by atoms with Gasteiger partial charge in [-0.3, -0.25) is 4.79 Å². The van der Waals surface area contributed by atoms with Crippen molar-refractivity contribution in [2.24, 2.45) is 5.92 Å². The highest BCUT2D eigenvalue weighted by Crippen LogP contribution is 2.13. The van der Waals surface area contributed by atoms with Crippen molar-refractivity contribution in [3.8, 4) is 0 Å². The van der Waals surface area contributed by atoms with Crippen LogP contribution in [-0.2, 0) is 19.0 Å². The number of nitrogens with one attached hydrogen (secondary N) is 2. The molecule has 1 rings (SSSR count). The number of hydrogen-bond acceptors (Lipinski definition) is 5. The van der Waals surface area contributed by atoms with E-state index in [1.807, 2.05) is 6.92 Å². The van der Waals surface area contributed by atoms with Crippen LogP contribution in [0.15, 0.2) is 0 Å². The maximum atomic E-state index is 12.0. The van der Waals surface area contributed by atoms with Gasteiger partial charge in [0.05, 0.1) is 31.8 Å². The predicted octanol–water partition coefficient (Wildman–Crippen LogP) is -0.611. The quantitative estimate of drug-likeness (QED) is 0.609. The second-order valence-corrected chi connectivity index (χ2v) is 4.37. The molecule has 1 heterocycles. The smallest absolute Gasteiger partial charge is 0.227 e. The van der Waals surface area contributed by atoms with Crippen molar-refractivity contribution in [2.75, 3.05) is 47.1 Å². The van der Waals surface area contributed by atoms with Crippen molar-refractivity contribution >= 4 is 5.91 Å². The first-order chi connectivity index (χ1) is 8.72. The molecule has 3 unspecified atom stereocenters. The van der Waals surface area contributed by atoms with Crippen LogP contribution in [0.4, 0.5) is 0 Å². The Bertz CT molecular complexity index is 250. The number of ether oxygens (including phenoxy) is 3. The van der Waals surface area contributed by atoms with Gasteiger partial charge in [0.15, 0.2) is 0 Å². The Morgan fingerprint density at radius 3 is 2.83 bits per heavy atom. The van der Waals surface area contributed by atoms with Gasteiger partial charge < -0.3 is 24.8 Å². The van der Waals surface area contributed by atoms with Crippen molar-refractivity contribution in [1.82, 2.24) is 10.6 Å². The molecule has 0 spiro atoms. The first kappa shape index (κ1) is 15.4. The normalized spacial score (nSPS) is 25.1. The number of likely N-dealkylation sites (N-methyl/N-ethyl adjacent to an activating group) is 1. The van der Waals surface area contributed by atoms with Gasteiger partial charge in [0.1, 0.15) is 0 Å². The summed E-state index contributed by atoms with van der Waals surface area (Å²) >= 11 is 0. The Morgan fingerprint density at radius 1 is 1.44 bits per heavy atom. The lowest BCUT2D eigenvalue weighted by Gasteiger charge is -2.20. The molecule has 0 bridgehead atoms. The van der Waals surface area contributed by atoms with Crippen molar-refractivity contribution in [3.05, 3.63) is 0 Å². The summed E-state index contributed by atoms with van der Waals surface area (Å²) in [6, 6.07) is 0.110. The minimum absolute atomic E-state index is 0.0107. The highest BCUT2D eigenvalue weighted by atomic mass is 16.5. The number of amides is 1. The molecule has 1 amide bonds. The molecule has 1 aliphatic rings. The molecule has 0 saturated carbocycles. The molecule has 106 valence electrons. The Balaban J connectivity index is 2.35. The summed E-state index contributed by atoms with van der Waals surface area (Å²) < 4.78 is 15.5. The van der Waals surface area contributed by atoms with Crippen molar-refractivity contribution < 1.29 is 19.0 Å². The van der Waals surface area contributed by atoms with E-state index in [1.165, 1.54) is 0 Å². The summed E-state index contributed by atoms with van der Waals surface area (Å²) in [5, 5.41) is 6.15. The summed E-state index contributed by atoms with van der Waals surface area (Å²) in [6.07, 6.45) is -0.112. The van der Waals surface area contributed by atoms with E-state index in [2.05, 4.69) is 10.6 Å². The molecule has 6 nitrogen and oxygen atoms in total. The van der Waals surface area contributed by atoms with Crippen LogP contribution < -0.4 is 10.6 Å². The average Bonchev–Trinajstić information content (AvgIpc) is 2.83. The summed E-state index contributed by atoms with van der Waals surface area (Å²) in [5.74, 6) is -0.110. The van der Waals surface area contributed by atoms with E-state index >= 15 is 0 Å². The van der Waals surface area contributed by atoms with Crippen molar-refractivity contribution in [2.45, 2.75) is 19.1 Å². The third kappa shape index (κ3) is 4.53. The van der Waals surface area contributed by atoms with Crippen LogP contribution in [0.5, 0.6) is 0 Å². The van der Waals surface area contributed by atoms with Gasteiger partial charge in [0, 0.05) is 26.8 Å². The maximum Gasteiger partial charge on any atom is 0.227 e. The molecular weight excluding hydrogens is 236 g/mol. The van der Waals surface area contributed by atoms with Gasteiger partial charge >= 0.3 is 0 Å². The summed E-state index contributed by atoms with van der Waals surface area (Å²) in [7, 11) is 3.22. The molecule has 0 aromatic rings. The van der Waals surface area contributed by atoms with Gasteiger partial charge in [-0.05, 0) is 6.54 Å². The third-order valence-electron chi connectivity index (χ3n) is 3.07. The van der Waals surface area contributed by atoms with Gasteiger partial charge in [-0.15, -0.1) is 0 Å². The molecule has 6 heteroatoms. The number of carbonyl (C=O) groups excluding carboxylic acids is 1. The lowest BCUT2D eigenvalue weighted by molar-refractivity contribution is -0.126. The molecule has 1 aliphatic heterocycles. The van der Waals surface area contributed by atoms with Crippen LogP contribution in [0.3, 0.4) is 0 Å². The van der Waals surface area contributed by atoms with Gasteiger partial charge in [-0.1, -0.05) is 6.92 Å². The van der Waals surface area contributed by atoms with E-state index in [-0.39, 0.29) is 24.0 Å². The van der Waals surface area contributed by atoms with E-state index in [0.717, 1.165) is 6.54 Å². The summed E-state index contributed by atoms with van der Waals surface area (Å²) in [6.45, 7) is 4.85. The highest BCUT2D eigenvalue weighted by molar-refractivity contribution is 5.79. The fraction of sp³-hybridized carbons (Fsp3) is 0.917. The zero-order chi connectivity index (χ0) is 13.4. The van der Waals surface area contributed by atoms with E-state index in [0.29, 0.717) is 26.4 Å². The van der Waals surface area contributed by atoms with Gasteiger partial charge in [0.2, 0.25) is 5.91 Å². The van der Waals surface area contributed by atoms with Crippen LogP contribution in [0, 0.1) is 5.92 Å². The predicted molar refractivity (Wildman–Crippen MR) is 67.5 cm³/mol. The first-order valence-corrected chi connectivity index (χ1v) is 6.33. The SMILES string of the molecule is CCNC1COCC1C(=O)NCC(COC)OC. The third-order valence-corrected chi connectivity index (χ3v) is 3.07. The average molecular weight is 260 g/mol.